The molecule has 0 radical (unpaired) electrons. The fourth-order valence-corrected chi connectivity index (χ4v) is 2.54. The van der Waals surface area contributed by atoms with Gasteiger partial charge in [0.2, 0.25) is 5.91 Å². The van der Waals surface area contributed by atoms with Crippen molar-refractivity contribution in [1.29, 1.82) is 0 Å². The highest BCUT2D eigenvalue weighted by atomic mass is 16.2. The molecule has 1 aromatic rings. The number of pyridine rings is 1. The first-order valence-corrected chi connectivity index (χ1v) is 7.03. The van der Waals surface area contributed by atoms with Crippen LogP contribution in [0, 0.1) is 6.92 Å². The molecular formula is C15H23N3O. The van der Waals surface area contributed by atoms with E-state index in [0.29, 0.717) is 12.6 Å². The first kappa shape index (κ1) is 14.0. The predicted octanol–water partition coefficient (Wildman–Crippen LogP) is 1.88. The van der Waals surface area contributed by atoms with Gasteiger partial charge in [-0.2, -0.15) is 0 Å². The van der Waals surface area contributed by atoms with E-state index < -0.39 is 0 Å². The Balaban J connectivity index is 2.01. The van der Waals surface area contributed by atoms with E-state index in [1.807, 2.05) is 30.0 Å². The summed E-state index contributed by atoms with van der Waals surface area (Å²) in [4.78, 5) is 18.8. The smallest absolute Gasteiger partial charge is 0.240 e. The van der Waals surface area contributed by atoms with Gasteiger partial charge in [-0.25, -0.2) is 0 Å². The van der Waals surface area contributed by atoms with Crippen molar-refractivity contribution in [3.8, 4) is 0 Å². The molecule has 0 bridgehead atoms. The van der Waals surface area contributed by atoms with Gasteiger partial charge < -0.3 is 10.2 Å². The maximum atomic E-state index is 12.4. The highest BCUT2D eigenvalue weighted by Crippen LogP contribution is 2.15. The van der Waals surface area contributed by atoms with Crippen molar-refractivity contribution in [1.82, 2.24) is 15.2 Å². The van der Waals surface area contributed by atoms with Gasteiger partial charge in [0, 0.05) is 18.3 Å². The Morgan fingerprint density at radius 1 is 1.47 bits per heavy atom. The molecule has 19 heavy (non-hydrogen) atoms. The van der Waals surface area contributed by atoms with Crippen LogP contribution in [0.25, 0.3) is 0 Å². The van der Waals surface area contributed by atoms with Crippen molar-refractivity contribution in [3.63, 3.8) is 0 Å². The molecule has 1 aromatic heterocycles. The summed E-state index contributed by atoms with van der Waals surface area (Å²) in [7, 11) is 0. The molecule has 2 rings (SSSR count). The summed E-state index contributed by atoms with van der Waals surface area (Å²) >= 11 is 0. The standard InChI is InChI=1S/C15H23N3O/c1-11(2)16-14-8-5-9-18(15(14)19)10-13-7-4-6-12(3)17-13/h4,6-7,11,14,16H,5,8-10H2,1-3H3. The molecule has 1 unspecified atom stereocenters. The topological polar surface area (TPSA) is 45.2 Å². The zero-order chi connectivity index (χ0) is 13.8. The monoisotopic (exact) mass is 261 g/mol. The van der Waals surface area contributed by atoms with Crippen LogP contribution in [0.2, 0.25) is 0 Å². The van der Waals surface area contributed by atoms with E-state index in [0.717, 1.165) is 30.8 Å². The van der Waals surface area contributed by atoms with Crippen molar-refractivity contribution >= 4 is 5.91 Å². The molecule has 1 amide bonds. The van der Waals surface area contributed by atoms with Crippen LogP contribution in [0.4, 0.5) is 0 Å². The highest BCUT2D eigenvalue weighted by molar-refractivity contribution is 5.82. The van der Waals surface area contributed by atoms with E-state index in [2.05, 4.69) is 24.1 Å². The second-order valence-electron chi connectivity index (χ2n) is 5.55. The van der Waals surface area contributed by atoms with Gasteiger partial charge in [-0.15, -0.1) is 0 Å². The molecular weight excluding hydrogens is 238 g/mol. The molecule has 104 valence electrons. The Morgan fingerprint density at radius 2 is 2.26 bits per heavy atom. The van der Waals surface area contributed by atoms with Crippen molar-refractivity contribution in [2.24, 2.45) is 0 Å². The van der Waals surface area contributed by atoms with Gasteiger partial charge in [0.05, 0.1) is 18.3 Å². The summed E-state index contributed by atoms with van der Waals surface area (Å²) in [5.41, 5.74) is 1.97. The number of hydrogen-bond donors (Lipinski definition) is 1. The number of nitrogens with zero attached hydrogens (tertiary/aromatic N) is 2. The second-order valence-corrected chi connectivity index (χ2v) is 5.55. The minimum atomic E-state index is -0.0291. The quantitative estimate of drug-likeness (QED) is 0.900. The van der Waals surface area contributed by atoms with Gasteiger partial charge in [0.1, 0.15) is 0 Å². The Labute approximate surface area is 115 Å². The minimum Gasteiger partial charge on any atom is -0.335 e. The van der Waals surface area contributed by atoms with Gasteiger partial charge >= 0.3 is 0 Å². The molecule has 0 spiro atoms. The number of aryl methyl sites for hydroxylation is 1. The fraction of sp³-hybridized carbons (Fsp3) is 0.600. The number of aromatic nitrogens is 1. The molecule has 2 heterocycles. The van der Waals surface area contributed by atoms with Crippen LogP contribution in [0.1, 0.15) is 38.1 Å². The summed E-state index contributed by atoms with van der Waals surface area (Å²) in [6.45, 7) is 7.59. The van der Waals surface area contributed by atoms with E-state index in [-0.39, 0.29) is 11.9 Å². The first-order valence-electron chi connectivity index (χ1n) is 7.03. The zero-order valence-electron chi connectivity index (χ0n) is 12.0. The van der Waals surface area contributed by atoms with E-state index in [9.17, 15) is 4.79 Å². The van der Waals surface area contributed by atoms with Crippen LogP contribution in [-0.2, 0) is 11.3 Å². The van der Waals surface area contributed by atoms with Crippen molar-refractivity contribution in [2.75, 3.05) is 6.54 Å². The van der Waals surface area contributed by atoms with Crippen LogP contribution in [-0.4, -0.2) is 34.4 Å². The molecule has 4 heteroatoms. The summed E-state index contributed by atoms with van der Waals surface area (Å²) in [5.74, 6) is 0.211. The van der Waals surface area contributed by atoms with Crippen LogP contribution in [0.5, 0.6) is 0 Å². The van der Waals surface area contributed by atoms with Crippen molar-refractivity contribution < 1.29 is 4.79 Å². The molecule has 4 nitrogen and oxygen atoms in total. The Hall–Kier alpha value is -1.42. The average molecular weight is 261 g/mol. The lowest BCUT2D eigenvalue weighted by Crippen LogP contribution is -2.52. The van der Waals surface area contributed by atoms with Gasteiger partial charge in [0.25, 0.3) is 0 Å². The lowest BCUT2D eigenvalue weighted by atomic mass is 10.0. The predicted molar refractivity (Wildman–Crippen MR) is 75.7 cm³/mol. The van der Waals surface area contributed by atoms with E-state index in [1.165, 1.54) is 0 Å². The van der Waals surface area contributed by atoms with E-state index in [1.54, 1.807) is 0 Å². The molecule has 1 N–H and O–H groups in total. The van der Waals surface area contributed by atoms with E-state index >= 15 is 0 Å². The maximum Gasteiger partial charge on any atom is 0.240 e. The summed E-state index contributed by atoms with van der Waals surface area (Å²) in [6.07, 6.45) is 2.00. The SMILES string of the molecule is Cc1cccc(CN2CCCC(NC(C)C)C2=O)n1. The number of likely N-dealkylation sites (tertiary alicyclic amines) is 1. The molecule has 0 saturated carbocycles. The van der Waals surface area contributed by atoms with Gasteiger partial charge in [-0.05, 0) is 31.9 Å². The molecule has 1 fully saturated rings. The fourth-order valence-electron chi connectivity index (χ4n) is 2.54. The molecule has 1 atom stereocenters. The lowest BCUT2D eigenvalue weighted by Gasteiger charge is -2.33. The van der Waals surface area contributed by atoms with Gasteiger partial charge in [-0.1, -0.05) is 19.9 Å². The van der Waals surface area contributed by atoms with Gasteiger partial charge in [-0.3, -0.25) is 9.78 Å². The molecule has 1 aliphatic rings. The highest BCUT2D eigenvalue weighted by Gasteiger charge is 2.28. The third kappa shape index (κ3) is 3.77. The van der Waals surface area contributed by atoms with E-state index in [4.69, 9.17) is 0 Å². The van der Waals surface area contributed by atoms with Crippen molar-refractivity contribution in [3.05, 3.63) is 29.6 Å². The minimum absolute atomic E-state index is 0.0291. The third-order valence-electron chi connectivity index (χ3n) is 3.36. The summed E-state index contributed by atoms with van der Waals surface area (Å²) in [6, 6.07) is 6.27. The normalized spacial score (nSPS) is 20.1. The number of carbonyl (C=O) groups excluding carboxylic acids is 1. The van der Waals surface area contributed by atoms with Crippen LogP contribution in [0.3, 0.4) is 0 Å². The summed E-state index contributed by atoms with van der Waals surface area (Å²) in [5, 5.41) is 3.35. The van der Waals surface area contributed by atoms with Crippen LogP contribution >= 0.6 is 0 Å². The molecule has 0 aliphatic carbocycles. The first-order chi connectivity index (χ1) is 9.06. The number of amides is 1. The number of nitrogens with one attached hydrogen (secondary N) is 1. The lowest BCUT2D eigenvalue weighted by molar-refractivity contribution is -0.136. The third-order valence-corrected chi connectivity index (χ3v) is 3.36. The summed E-state index contributed by atoms with van der Waals surface area (Å²) < 4.78 is 0. The maximum absolute atomic E-state index is 12.4. The second kappa shape index (κ2) is 6.15. The average Bonchev–Trinajstić information content (AvgIpc) is 2.34. The van der Waals surface area contributed by atoms with Crippen molar-refractivity contribution in [2.45, 2.75) is 52.2 Å². The number of rotatable bonds is 4. The van der Waals surface area contributed by atoms with Crippen LogP contribution < -0.4 is 5.32 Å². The number of piperidine rings is 1. The molecule has 1 saturated heterocycles. The van der Waals surface area contributed by atoms with Crippen LogP contribution in [0.15, 0.2) is 18.2 Å². The number of carbonyl (C=O) groups is 1. The van der Waals surface area contributed by atoms with Gasteiger partial charge in [0.15, 0.2) is 0 Å². The molecule has 0 aromatic carbocycles. The largest absolute Gasteiger partial charge is 0.335 e. The zero-order valence-corrected chi connectivity index (χ0v) is 12.0. The molecule has 1 aliphatic heterocycles. The number of hydrogen-bond acceptors (Lipinski definition) is 3. The Bertz CT molecular complexity index is 445. The Morgan fingerprint density at radius 3 is 2.95 bits per heavy atom. The Kier molecular flexibility index (Phi) is 4.53.